The minimum atomic E-state index is -3.22. The lowest BCUT2D eigenvalue weighted by Gasteiger charge is -2.32. The van der Waals surface area contributed by atoms with Gasteiger partial charge in [-0.15, -0.1) is 0 Å². The van der Waals surface area contributed by atoms with E-state index in [9.17, 15) is 18.9 Å². The largest absolute Gasteiger partial charge is 0.494 e. The number of urea groups is 1. The molecule has 1 saturated heterocycles. The summed E-state index contributed by atoms with van der Waals surface area (Å²) < 4.78 is 21.4. The van der Waals surface area contributed by atoms with Crippen molar-refractivity contribution in [2.75, 3.05) is 5.73 Å². The lowest BCUT2D eigenvalue weighted by Crippen LogP contribution is -2.41. The Labute approximate surface area is 550 Å². The summed E-state index contributed by atoms with van der Waals surface area (Å²) in [6, 6.07) is 65.4. The first-order chi connectivity index (χ1) is 43.2. The first kappa shape index (κ1) is 68.3. The lowest BCUT2D eigenvalue weighted by atomic mass is 9.79. The number of aromatic amines is 2. The van der Waals surface area contributed by atoms with Gasteiger partial charge in [-0.1, -0.05) is 194 Å². The zero-order chi connectivity index (χ0) is 65.8. The van der Waals surface area contributed by atoms with E-state index in [-0.39, 0.29) is 40.0 Å². The third-order valence-electron chi connectivity index (χ3n) is 14.3. The van der Waals surface area contributed by atoms with E-state index in [1.165, 1.54) is 6.07 Å². The molecule has 462 valence electrons. The van der Waals surface area contributed by atoms with Gasteiger partial charge in [-0.2, -0.15) is 0 Å². The van der Waals surface area contributed by atoms with Gasteiger partial charge in [0.1, 0.15) is 5.15 Å². The second kappa shape index (κ2) is 30.0. The number of nitrogens with two attached hydrogens (primary N) is 3. The molecule has 4 heterocycles. The van der Waals surface area contributed by atoms with Crippen molar-refractivity contribution in [2.24, 2.45) is 11.5 Å². The van der Waals surface area contributed by atoms with Crippen molar-refractivity contribution in [1.82, 2.24) is 29.9 Å². The Morgan fingerprint density at radius 2 is 0.901 bits per heavy atom. The molecule has 3 aromatic heterocycles. The van der Waals surface area contributed by atoms with Gasteiger partial charge in [-0.25, -0.2) is 34.3 Å². The first-order valence-electron chi connectivity index (χ1n) is 27.4. The van der Waals surface area contributed by atoms with Crippen LogP contribution in [0.15, 0.2) is 216 Å². The summed E-state index contributed by atoms with van der Waals surface area (Å²) in [6.45, 7) is 8.26. The van der Waals surface area contributed by atoms with Crippen LogP contribution < -0.4 is 33.9 Å². The van der Waals surface area contributed by atoms with Gasteiger partial charge >= 0.3 is 30.0 Å². The number of nitrogen functional groups attached to an aromatic ring is 1. The highest BCUT2D eigenvalue weighted by molar-refractivity contribution is 8.24. The van der Waals surface area contributed by atoms with E-state index in [4.69, 9.17) is 59.7 Å². The number of carbonyl (C=O) groups excluding carboxylic acids is 1. The Morgan fingerprint density at radius 1 is 0.505 bits per heavy atom. The number of carboxylic acids is 1. The number of H-pyrrole nitrogens is 2. The highest BCUT2D eigenvalue weighted by Gasteiger charge is 2.51. The number of benzene rings is 10. The molecule has 1 aliphatic heterocycles. The van der Waals surface area contributed by atoms with Gasteiger partial charge in [0.15, 0.2) is 0 Å². The number of nitrogens with one attached hydrogen (secondary N) is 2. The van der Waals surface area contributed by atoms with Crippen LogP contribution in [0.1, 0.15) is 38.1 Å². The molecule has 0 atom stereocenters. The van der Waals surface area contributed by atoms with Crippen LogP contribution >= 0.6 is 73.7 Å². The van der Waals surface area contributed by atoms with Crippen LogP contribution in [0.3, 0.4) is 0 Å². The summed E-state index contributed by atoms with van der Waals surface area (Å²) in [7, 11) is -0.240. The number of anilines is 1. The molecule has 14 rings (SSSR count). The second-order valence-corrected chi connectivity index (χ2v) is 28.5. The predicted octanol–water partition coefficient (Wildman–Crippen LogP) is 16.5. The maximum Gasteiger partial charge on any atom is 0.494 e. The molecule has 1 fully saturated rings. The quantitative estimate of drug-likeness (QED) is 0.0240. The van der Waals surface area contributed by atoms with Gasteiger partial charge in [0, 0.05) is 37.9 Å². The van der Waals surface area contributed by atoms with Crippen LogP contribution in [0.5, 0.6) is 0 Å². The number of hydrogen-bond donors (Lipinski definition) is 6. The highest BCUT2D eigenvalue weighted by atomic mass is 36.0. The average Bonchev–Trinajstić information content (AvgIpc) is 1.70. The minimum Gasteiger partial charge on any atom is -0.478 e. The fourth-order valence-corrected chi connectivity index (χ4v) is 10.0. The van der Waals surface area contributed by atoms with E-state index in [2.05, 4.69) is 127 Å². The number of rotatable bonds is 3. The molecule has 0 aliphatic carbocycles. The van der Waals surface area contributed by atoms with Crippen molar-refractivity contribution >= 4 is 180 Å². The predicted molar refractivity (Wildman–Crippen MR) is 374 cm³/mol. The molecule has 2 amide bonds. The summed E-state index contributed by atoms with van der Waals surface area (Å²) in [5, 5.41) is 16.8. The Balaban J connectivity index is 0.000000143. The van der Waals surface area contributed by atoms with Crippen molar-refractivity contribution in [1.29, 1.82) is 0 Å². The monoisotopic (exact) mass is 1350 g/mol. The number of amides is 2. The van der Waals surface area contributed by atoms with Gasteiger partial charge in [0.25, 0.3) is 5.56 Å². The van der Waals surface area contributed by atoms with Crippen LogP contribution in [0, 0.1) is 0 Å². The molecule has 0 radical (unpaired) electrons. The number of aromatic carboxylic acids is 1. The van der Waals surface area contributed by atoms with E-state index < -0.39 is 22.9 Å². The lowest BCUT2D eigenvalue weighted by molar-refractivity contribution is 0.00578. The van der Waals surface area contributed by atoms with Crippen molar-refractivity contribution in [2.45, 2.75) is 38.9 Å². The number of carboxylic acid groups (broad SMARTS) is 1. The fraction of sp³-hybridized carbons (Fsp3) is 0.0909. The van der Waals surface area contributed by atoms with E-state index in [1.807, 2.05) is 164 Å². The molecule has 17 nitrogen and oxygen atoms in total. The number of fused-ring (bicyclic) bond motifs is 10. The zero-order valence-electron chi connectivity index (χ0n) is 48.7. The molecule has 10 aromatic carbocycles. The zero-order valence-corrected chi connectivity index (χ0v) is 54.2. The molecule has 0 spiro atoms. The molecule has 0 unspecified atom stereocenters. The fourth-order valence-electron chi connectivity index (χ4n) is 9.44. The third-order valence-corrected chi connectivity index (χ3v) is 14.9. The Morgan fingerprint density at radius 3 is 1.42 bits per heavy atom. The van der Waals surface area contributed by atoms with Crippen molar-refractivity contribution in [3.63, 3.8) is 0 Å². The topological polar surface area (TPSA) is 285 Å². The Hall–Kier alpha value is -8.65. The van der Waals surface area contributed by atoms with Gasteiger partial charge in [0.2, 0.25) is 10.6 Å². The normalized spacial score (nSPS) is 12.7. The Bertz CT molecular complexity index is 4950. The van der Waals surface area contributed by atoms with Crippen LogP contribution in [0.25, 0.3) is 87.1 Å². The van der Waals surface area contributed by atoms with Crippen LogP contribution in [0.4, 0.5) is 10.5 Å². The molecule has 25 heteroatoms. The minimum absolute atomic E-state index is 0.156. The van der Waals surface area contributed by atoms with E-state index in [0.29, 0.717) is 21.7 Å². The summed E-state index contributed by atoms with van der Waals surface area (Å²) in [4.78, 5) is 64.5. The van der Waals surface area contributed by atoms with Crippen LogP contribution in [-0.2, 0) is 13.9 Å². The van der Waals surface area contributed by atoms with Gasteiger partial charge in [-0.05, 0) is 136 Å². The summed E-state index contributed by atoms with van der Waals surface area (Å²) in [5.74, 6) is -0.992. The summed E-state index contributed by atoms with van der Waals surface area (Å²) in [5.41, 5.74) is 18.7. The van der Waals surface area contributed by atoms with Crippen LogP contribution in [-0.4, -0.2) is 65.3 Å². The number of nitrogens with zero attached hydrogens (tertiary/aromatic N) is 4. The summed E-state index contributed by atoms with van der Waals surface area (Å²) in [6.07, 6.45) is 0. The number of hydrogen-bond acceptors (Lipinski definition) is 12. The maximum atomic E-state index is 11.6. The Kier molecular flexibility index (Phi) is 22.5. The SMILES string of the molecule is CC1(C)OB(c2ccccc2)OC1(C)C.Clc1nc(-c2ccccc2)c2ccc3ccccc3c2n1.Clc1nc(Cl)c2ccc3ccccc3c2n1.NC(N)=O.Nc1c(C(=O)O)ccc2ccccc12.O=P(Cl)(Cl)Cl.O=c1[nH]c(=O)c2ccc3ccccc3c2[nH]1. The maximum absolute atomic E-state index is 11.6. The van der Waals surface area contributed by atoms with E-state index in [0.717, 1.165) is 81.6 Å². The van der Waals surface area contributed by atoms with E-state index >= 15 is 0 Å². The van der Waals surface area contributed by atoms with Gasteiger partial charge in [0.05, 0.1) is 50.1 Å². The molecule has 0 bridgehead atoms. The standard InChI is InChI=1S/C18H11ClN2.C12H17BO2.C12H6Cl2N2.C12H8N2O2.C11H9NO2.CH4N2O.Cl3OP/c19-18-20-16(13-7-2-1-3-8-13)15-11-10-12-6-4-5-9-14(12)17(15)21-18;1-11(2)12(3,4)15-13(14-11)10-8-6-5-7-9-10;13-11-9-6-5-7-3-1-2-4-8(7)10(9)15-12(14)16-11;15-11-9-6-5-7-3-1-2-4-8(7)10(9)13-12(16)14-11;12-10-8-4-2-1-3-7(8)5-6-9(10)11(13)14;2-1(3)4;1-5(2,3)4/h1-11H;5-9H,1-4H3;1-6H;1-6H,(H2,13,14,15,16);1-6H,12H2,(H,13,14);(H4,2,3,4);. The van der Waals surface area contributed by atoms with Crippen molar-refractivity contribution in [3.8, 4) is 11.3 Å². The second-order valence-electron chi connectivity index (χ2n) is 20.8. The molecule has 91 heavy (non-hydrogen) atoms. The molecule has 0 saturated carbocycles. The van der Waals surface area contributed by atoms with Crippen molar-refractivity contribution in [3.05, 3.63) is 248 Å². The number of halogens is 6. The van der Waals surface area contributed by atoms with E-state index in [1.54, 1.807) is 12.1 Å². The molecule has 1 aliphatic rings. The highest BCUT2D eigenvalue weighted by Crippen LogP contribution is 2.61. The third kappa shape index (κ3) is 17.7. The molecular formula is C66H55BCl6N9O8P. The molecular weight excluding hydrogens is 1300 g/mol. The van der Waals surface area contributed by atoms with Gasteiger partial charge in [-0.3, -0.25) is 14.3 Å². The smallest absolute Gasteiger partial charge is 0.478 e. The number of aromatic nitrogens is 6. The molecule has 13 aromatic rings. The average molecular weight is 1360 g/mol. The first-order valence-corrected chi connectivity index (χ1v) is 32.9. The van der Waals surface area contributed by atoms with Gasteiger partial charge < -0.3 is 36.6 Å². The van der Waals surface area contributed by atoms with Crippen molar-refractivity contribution < 1.29 is 28.6 Å². The molecule has 9 N–H and O–H groups in total. The summed E-state index contributed by atoms with van der Waals surface area (Å²) >= 11 is 31.8. The van der Waals surface area contributed by atoms with Crippen LogP contribution in [0.2, 0.25) is 15.7 Å². The number of primary amides is 2. The number of carbonyl (C=O) groups is 2.